The fourth-order valence-electron chi connectivity index (χ4n) is 4.80. The number of benzene rings is 2. The van der Waals surface area contributed by atoms with E-state index in [1.807, 2.05) is 26.1 Å². The lowest BCUT2D eigenvalue weighted by Crippen LogP contribution is -2.36. The van der Waals surface area contributed by atoms with Crippen LogP contribution in [-0.4, -0.2) is 38.3 Å². The largest absolute Gasteiger partial charge is 0.373 e. The van der Waals surface area contributed by atoms with Gasteiger partial charge in [0.1, 0.15) is 35.4 Å². The van der Waals surface area contributed by atoms with Crippen molar-refractivity contribution in [2.75, 3.05) is 23.8 Å². The van der Waals surface area contributed by atoms with Crippen molar-refractivity contribution in [3.05, 3.63) is 82.9 Å². The highest BCUT2D eigenvalue weighted by atomic mass is 19.1. The van der Waals surface area contributed by atoms with E-state index >= 15 is 0 Å². The van der Waals surface area contributed by atoms with E-state index in [1.165, 1.54) is 12.1 Å². The van der Waals surface area contributed by atoms with Gasteiger partial charge in [-0.1, -0.05) is 26.0 Å². The van der Waals surface area contributed by atoms with E-state index in [4.69, 9.17) is 9.97 Å². The van der Waals surface area contributed by atoms with Gasteiger partial charge in [0.05, 0.1) is 5.69 Å². The molecular formula is C27H30FN7. The third-order valence-electron chi connectivity index (χ3n) is 6.68. The number of nitrogens with zero attached hydrogens (tertiary/aromatic N) is 6. The zero-order valence-corrected chi connectivity index (χ0v) is 20.8. The van der Waals surface area contributed by atoms with Crippen LogP contribution in [0, 0.1) is 19.7 Å². The van der Waals surface area contributed by atoms with Crippen molar-refractivity contribution in [1.29, 1.82) is 0 Å². The molecule has 3 heterocycles. The Morgan fingerprint density at radius 1 is 1.06 bits per heavy atom. The van der Waals surface area contributed by atoms with Crippen molar-refractivity contribution < 1.29 is 4.39 Å². The molecule has 5 rings (SSSR count). The maximum Gasteiger partial charge on any atom is 0.147 e. The minimum absolute atomic E-state index is 0.0864. The maximum absolute atomic E-state index is 13.6. The predicted molar refractivity (Wildman–Crippen MR) is 136 cm³/mol. The number of hydrogen-bond acceptors (Lipinski definition) is 6. The Bertz CT molecular complexity index is 1380. The number of halogens is 1. The monoisotopic (exact) mass is 471 g/mol. The summed E-state index contributed by atoms with van der Waals surface area (Å²) in [5.41, 5.74) is 5.16. The number of hydrogen-bond donors (Lipinski definition) is 1. The summed E-state index contributed by atoms with van der Waals surface area (Å²) in [7, 11) is 1.90. The third kappa shape index (κ3) is 4.36. The van der Waals surface area contributed by atoms with Gasteiger partial charge in [-0.3, -0.25) is 0 Å². The molecule has 1 aliphatic rings. The van der Waals surface area contributed by atoms with Crippen molar-refractivity contribution in [2.24, 2.45) is 0 Å². The number of aromatic nitrogens is 5. The Labute approximate surface area is 205 Å². The van der Waals surface area contributed by atoms with Gasteiger partial charge in [-0.15, -0.1) is 0 Å². The summed E-state index contributed by atoms with van der Waals surface area (Å²) in [5.74, 6) is 2.96. The van der Waals surface area contributed by atoms with Crippen LogP contribution >= 0.6 is 0 Å². The quantitative estimate of drug-likeness (QED) is 0.428. The van der Waals surface area contributed by atoms with E-state index in [0.717, 1.165) is 64.3 Å². The molecule has 0 saturated carbocycles. The summed E-state index contributed by atoms with van der Waals surface area (Å²) in [4.78, 5) is 16.4. The van der Waals surface area contributed by atoms with Crippen LogP contribution in [0.2, 0.25) is 0 Å². The fourth-order valence-corrected chi connectivity index (χ4v) is 4.80. The van der Waals surface area contributed by atoms with Gasteiger partial charge in [-0.05, 0) is 67.1 Å². The summed E-state index contributed by atoms with van der Waals surface area (Å²) >= 11 is 0. The molecule has 8 heteroatoms. The lowest BCUT2D eigenvalue weighted by molar-refractivity contribution is 0.462. The number of nitrogens with one attached hydrogen (secondary N) is 1. The highest BCUT2D eigenvalue weighted by Gasteiger charge is 2.36. The standard InChI is InChI=1S/C27H30FN7/c1-17-14-19(6-11-22(17)35-16-30-18(2)33-35)15-23-31-25(29-5)24-26(32-23)34(13-12-27(24,3)4)21-9-7-20(28)8-10-21/h6-11,14,16H,12-13,15H2,1-5H3,(H,29,31,32). The molecule has 1 N–H and O–H groups in total. The minimum Gasteiger partial charge on any atom is -0.373 e. The summed E-state index contributed by atoms with van der Waals surface area (Å²) in [6.07, 6.45) is 3.27. The molecule has 4 aromatic rings. The topological polar surface area (TPSA) is 71.8 Å². The van der Waals surface area contributed by atoms with E-state index in [1.54, 1.807) is 11.0 Å². The molecule has 0 aliphatic carbocycles. The lowest BCUT2D eigenvalue weighted by Gasteiger charge is -2.40. The van der Waals surface area contributed by atoms with Crippen LogP contribution in [0.4, 0.5) is 21.7 Å². The molecule has 0 saturated heterocycles. The van der Waals surface area contributed by atoms with Crippen LogP contribution in [0.15, 0.2) is 48.8 Å². The molecular weight excluding hydrogens is 441 g/mol. The van der Waals surface area contributed by atoms with Crippen LogP contribution in [0.3, 0.4) is 0 Å². The number of rotatable bonds is 5. The summed E-state index contributed by atoms with van der Waals surface area (Å²) < 4.78 is 15.4. The van der Waals surface area contributed by atoms with Gasteiger partial charge < -0.3 is 10.2 Å². The van der Waals surface area contributed by atoms with E-state index in [-0.39, 0.29) is 11.2 Å². The fraction of sp³-hybridized carbons (Fsp3) is 0.333. The maximum atomic E-state index is 13.6. The van der Waals surface area contributed by atoms with Gasteiger partial charge in [0.25, 0.3) is 0 Å². The van der Waals surface area contributed by atoms with Gasteiger partial charge in [0.2, 0.25) is 0 Å². The third-order valence-corrected chi connectivity index (χ3v) is 6.68. The molecule has 180 valence electrons. The summed E-state index contributed by atoms with van der Waals surface area (Å²) in [6, 6.07) is 12.9. The van der Waals surface area contributed by atoms with Gasteiger partial charge in [0.15, 0.2) is 0 Å². The Morgan fingerprint density at radius 3 is 2.49 bits per heavy atom. The Hall–Kier alpha value is -3.81. The second-order valence-electron chi connectivity index (χ2n) is 9.73. The molecule has 7 nitrogen and oxygen atoms in total. The molecule has 35 heavy (non-hydrogen) atoms. The Balaban J connectivity index is 1.54. The second kappa shape index (κ2) is 8.76. The second-order valence-corrected chi connectivity index (χ2v) is 9.73. The molecule has 0 atom stereocenters. The average molecular weight is 472 g/mol. The van der Waals surface area contributed by atoms with Crippen LogP contribution < -0.4 is 10.2 Å². The zero-order chi connectivity index (χ0) is 24.7. The molecule has 0 radical (unpaired) electrons. The molecule has 0 spiro atoms. The first-order valence-electron chi connectivity index (χ1n) is 11.9. The molecule has 0 amide bonds. The Morgan fingerprint density at radius 2 is 1.83 bits per heavy atom. The zero-order valence-electron chi connectivity index (χ0n) is 20.8. The van der Waals surface area contributed by atoms with Crippen molar-refractivity contribution in [3.63, 3.8) is 0 Å². The van der Waals surface area contributed by atoms with E-state index < -0.39 is 0 Å². The summed E-state index contributed by atoms with van der Waals surface area (Å²) in [6.45, 7) is 9.21. The molecule has 1 aliphatic heterocycles. The van der Waals surface area contributed by atoms with E-state index in [2.05, 4.69) is 59.3 Å². The van der Waals surface area contributed by atoms with Crippen molar-refractivity contribution in [1.82, 2.24) is 24.7 Å². The first-order chi connectivity index (χ1) is 16.7. The SMILES string of the molecule is CNc1nc(Cc2ccc(-n3cnc(C)n3)c(C)c2)nc2c1C(C)(C)CCN2c1ccc(F)cc1. The van der Waals surface area contributed by atoms with Gasteiger partial charge in [0, 0.05) is 31.3 Å². The average Bonchev–Trinajstić information content (AvgIpc) is 3.25. The van der Waals surface area contributed by atoms with Gasteiger partial charge >= 0.3 is 0 Å². The number of fused-ring (bicyclic) bond motifs is 1. The first kappa shape index (κ1) is 23.0. The Kier molecular flexibility index (Phi) is 5.75. The van der Waals surface area contributed by atoms with Crippen LogP contribution in [-0.2, 0) is 11.8 Å². The highest BCUT2D eigenvalue weighted by Crippen LogP contribution is 2.44. The highest BCUT2D eigenvalue weighted by molar-refractivity contribution is 5.71. The number of anilines is 3. The van der Waals surface area contributed by atoms with Crippen LogP contribution in [0.1, 0.15) is 48.6 Å². The van der Waals surface area contributed by atoms with Crippen molar-refractivity contribution in [3.8, 4) is 5.69 Å². The van der Waals surface area contributed by atoms with E-state index in [9.17, 15) is 4.39 Å². The van der Waals surface area contributed by atoms with E-state index in [0.29, 0.717) is 6.42 Å². The lowest BCUT2D eigenvalue weighted by atomic mass is 9.78. The number of aryl methyl sites for hydroxylation is 2. The molecule has 2 aromatic heterocycles. The molecule has 0 bridgehead atoms. The smallest absolute Gasteiger partial charge is 0.147 e. The molecule has 2 aromatic carbocycles. The van der Waals surface area contributed by atoms with Crippen LogP contribution in [0.5, 0.6) is 0 Å². The summed E-state index contributed by atoms with van der Waals surface area (Å²) in [5, 5.41) is 7.73. The van der Waals surface area contributed by atoms with Crippen molar-refractivity contribution >= 4 is 17.3 Å². The van der Waals surface area contributed by atoms with Crippen molar-refractivity contribution in [2.45, 2.75) is 46.0 Å². The van der Waals surface area contributed by atoms with Gasteiger partial charge in [-0.25, -0.2) is 24.0 Å². The predicted octanol–water partition coefficient (Wildman–Crippen LogP) is 5.27. The minimum atomic E-state index is -0.245. The van der Waals surface area contributed by atoms with Gasteiger partial charge in [-0.2, -0.15) is 5.10 Å². The molecule has 0 fully saturated rings. The normalized spacial score (nSPS) is 14.6. The first-order valence-corrected chi connectivity index (χ1v) is 11.9. The van der Waals surface area contributed by atoms with Crippen LogP contribution in [0.25, 0.3) is 5.69 Å². The molecule has 0 unspecified atom stereocenters.